The van der Waals surface area contributed by atoms with Crippen molar-refractivity contribution in [3.63, 3.8) is 0 Å². The highest BCUT2D eigenvalue weighted by atomic mass is 16.3. The second-order valence-electron chi connectivity index (χ2n) is 7.87. The molecule has 1 amide bonds. The van der Waals surface area contributed by atoms with Crippen molar-refractivity contribution in [1.82, 2.24) is 9.80 Å². The first-order valence-corrected chi connectivity index (χ1v) is 11.1. The molecule has 0 aromatic carbocycles. The van der Waals surface area contributed by atoms with Gasteiger partial charge in [-0.2, -0.15) is 0 Å². The van der Waals surface area contributed by atoms with E-state index in [1.165, 1.54) is 70.6 Å². The van der Waals surface area contributed by atoms with Gasteiger partial charge in [0.05, 0.1) is 6.54 Å². The molecule has 0 fully saturated rings. The third-order valence-electron chi connectivity index (χ3n) is 5.21. The molecule has 1 atom stereocenters. The summed E-state index contributed by atoms with van der Waals surface area (Å²) in [6, 6.07) is 0. The van der Waals surface area contributed by atoms with E-state index in [2.05, 4.69) is 6.92 Å². The van der Waals surface area contributed by atoms with Crippen LogP contribution in [0.1, 0.15) is 104 Å². The average Bonchev–Trinajstić information content (AvgIpc) is 2.62. The lowest BCUT2D eigenvalue weighted by Crippen LogP contribution is -2.43. The molecule has 4 heteroatoms. The van der Waals surface area contributed by atoms with Crippen LogP contribution >= 0.6 is 0 Å². The molecule has 1 unspecified atom stereocenters. The Hall–Kier alpha value is -0.610. The molecule has 0 saturated heterocycles. The zero-order chi connectivity index (χ0) is 19.6. The molecular weight excluding hydrogens is 324 g/mol. The van der Waals surface area contributed by atoms with Crippen LogP contribution in [-0.2, 0) is 4.79 Å². The van der Waals surface area contributed by atoms with Gasteiger partial charge in [0.25, 0.3) is 0 Å². The van der Waals surface area contributed by atoms with E-state index in [-0.39, 0.29) is 5.91 Å². The van der Waals surface area contributed by atoms with Gasteiger partial charge in [-0.25, -0.2) is 0 Å². The maximum atomic E-state index is 12.2. The van der Waals surface area contributed by atoms with E-state index in [1.807, 2.05) is 21.0 Å². The number of carbonyl (C=O) groups is 1. The van der Waals surface area contributed by atoms with Gasteiger partial charge in [0.15, 0.2) is 0 Å². The Morgan fingerprint density at radius 1 is 0.769 bits per heavy atom. The molecule has 4 nitrogen and oxygen atoms in total. The van der Waals surface area contributed by atoms with Crippen LogP contribution in [0.4, 0.5) is 0 Å². The molecule has 0 aliphatic rings. The Morgan fingerprint density at radius 3 is 1.58 bits per heavy atom. The van der Waals surface area contributed by atoms with E-state index in [9.17, 15) is 9.90 Å². The molecule has 0 aliphatic heterocycles. The summed E-state index contributed by atoms with van der Waals surface area (Å²) in [7, 11) is 3.66. The summed E-state index contributed by atoms with van der Waals surface area (Å²) in [4.78, 5) is 15.7. The molecule has 0 spiro atoms. The molecule has 0 bridgehead atoms. The van der Waals surface area contributed by atoms with E-state index in [0.29, 0.717) is 19.5 Å². The number of aliphatic hydroxyl groups excluding tert-OH is 1. The minimum Gasteiger partial charge on any atom is -0.377 e. The van der Waals surface area contributed by atoms with Crippen LogP contribution < -0.4 is 0 Å². The van der Waals surface area contributed by atoms with Crippen molar-refractivity contribution in [1.29, 1.82) is 0 Å². The molecule has 0 rings (SSSR count). The monoisotopic (exact) mass is 370 g/mol. The van der Waals surface area contributed by atoms with Gasteiger partial charge in [-0.3, -0.25) is 9.69 Å². The average molecular weight is 371 g/mol. The van der Waals surface area contributed by atoms with Gasteiger partial charge >= 0.3 is 0 Å². The summed E-state index contributed by atoms with van der Waals surface area (Å²) in [5, 5.41) is 9.89. The molecule has 26 heavy (non-hydrogen) atoms. The van der Waals surface area contributed by atoms with Gasteiger partial charge in [-0.05, 0) is 27.4 Å². The summed E-state index contributed by atoms with van der Waals surface area (Å²) in [6.45, 7) is 5.32. The number of likely N-dealkylation sites (N-methyl/N-ethyl adjacent to an activating group) is 2. The minimum atomic E-state index is -0.578. The molecule has 0 aromatic rings. The van der Waals surface area contributed by atoms with E-state index >= 15 is 0 Å². The smallest absolute Gasteiger partial charge is 0.222 e. The fourth-order valence-electron chi connectivity index (χ4n) is 3.22. The minimum absolute atomic E-state index is 0.177. The molecule has 0 heterocycles. The van der Waals surface area contributed by atoms with Crippen molar-refractivity contribution < 1.29 is 9.90 Å². The topological polar surface area (TPSA) is 43.8 Å². The van der Waals surface area contributed by atoms with Crippen LogP contribution in [0, 0.1) is 0 Å². The second-order valence-corrected chi connectivity index (χ2v) is 7.87. The van der Waals surface area contributed by atoms with Crippen molar-refractivity contribution >= 4 is 5.91 Å². The fraction of sp³-hybridized carbons (Fsp3) is 0.955. The largest absolute Gasteiger partial charge is 0.377 e. The number of hydrogen-bond acceptors (Lipinski definition) is 3. The number of aliphatic hydroxyl groups is 1. The molecule has 0 saturated carbocycles. The number of unbranched alkanes of at least 4 members (excludes halogenated alkanes) is 12. The normalized spacial score (nSPS) is 12.5. The van der Waals surface area contributed by atoms with Crippen molar-refractivity contribution in [3.8, 4) is 0 Å². The number of amides is 1. The zero-order valence-electron chi connectivity index (χ0n) is 18.1. The predicted octanol–water partition coefficient (Wildman–Crippen LogP) is 5.20. The van der Waals surface area contributed by atoms with Gasteiger partial charge in [-0.1, -0.05) is 84.0 Å². The molecule has 0 radical (unpaired) electrons. The van der Waals surface area contributed by atoms with Crippen LogP contribution in [0.3, 0.4) is 0 Å². The quantitative estimate of drug-likeness (QED) is 0.266. The first-order chi connectivity index (χ1) is 12.5. The Kier molecular flexibility index (Phi) is 17.4. The summed E-state index contributed by atoms with van der Waals surface area (Å²) in [6.07, 6.45) is 17.2. The van der Waals surface area contributed by atoms with Crippen molar-refractivity contribution in [3.05, 3.63) is 0 Å². The van der Waals surface area contributed by atoms with Crippen LogP contribution in [0.15, 0.2) is 0 Å². The van der Waals surface area contributed by atoms with Gasteiger partial charge in [0.2, 0.25) is 5.91 Å². The van der Waals surface area contributed by atoms with E-state index in [4.69, 9.17) is 0 Å². The zero-order valence-corrected chi connectivity index (χ0v) is 18.1. The van der Waals surface area contributed by atoms with Crippen LogP contribution in [0.25, 0.3) is 0 Å². The summed E-state index contributed by atoms with van der Waals surface area (Å²) >= 11 is 0. The lowest BCUT2D eigenvalue weighted by molar-refractivity contribution is -0.134. The lowest BCUT2D eigenvalue weighted by atomic mass is 10.0. The Balaban J connectivity index is 3.49. The van der Waals surface area contributed by atoms with E-state index in [1.54, 1.807) is 9.80 Å². The van der Waals surface area contributed by atoms with Crippen molar-refractivity contribution in [2.24, 2.45) is 0 Å². The van der Waals surface area contributed by atoms with E-state index < -0.39 is 6.23 Å². The standard InChI is InChI=1S/C22H46N2O2/c1-5-7-8-9-10-11-12-13-14-15-16-17-18-19-21(25)24(6-2)20-22(26)23(3)4/h22,26H,5-20H2,1-4H3. The third kappa shape index (κ3) is 14.5. The number of rotatable bonds is 18. The van der Waals surface area contributed by atoms with Crippen molar-refractivity contribution in [2.45, 2.75) is 110 Å². The first-order valence-electron chi connectivity index (χ1n) is 11.1. The molecular formula is C22H46N2O2. The first kappa shape index (κ1) is 25.4. The van der Waals surface area contributed by atoms with Gasteiger partial charge in [0, 0.05) is 13.0 Å². The Bertz CT molecular complexity index is 321. The maximum absolute atomic E-state index is 12.2. The Labute approximate surface area is 163 Å². The van der Waals surface area contributed by atoms with E-state index in [0.717, 1.165) is 12.8 Å². The molecule has 156 valence electrons. The predicted molar refractivity (Wildman–Crippen MR) is 112 cm³/mol. The number of carbonyl (C=O) groups excluding carboxylic acids is 1. The second kappa shape index (κ2) is 17.8. The number of nitrogens with zero attached hydrogens (tertiary/aromatic N) is 2. The van der Waals surface area contributed by atoms with Gasteiger partial charge in [-0.15, -0.1) is 0 Å². The van der Waals surface area contributed by atoms with Crippen molar-refractivity contribution in [2.75, 3.05) is 27.2 Å². The molecule has 1 N–H and O–H groups in total. The highest BCUT2D eigenvalue weighted by Crippen LogP contribution is 2.13. The molecule has 0 aliphatic carbocycles. The Morgan fingerprint density at radius 2 is 1.19 bits per heavy atom. The molecule has 0 aromatic heterocycles. The SMILES string of the molecule is CCCCCCCCCCCCCCCC(=O)N(CC)CC(O)N(C)C. The van der Waals surface area contributed by atoms with Gasteiger partial charge < -0.3 is 10.0 Å². The van der Waals surface area contributed by atoms with Crippen LogP contribution in [0.2, 0.25) is 0 Å². The van der Waals surface area contributed by atoms with Crippen LogP contribution in [0.5, 0.6) is 0 Å². The highest BCUT2D eigenvalue weighted by Gasteiger charge is 2.16. The van der Waals surface area contributed by atoms with Gasteiger partial charge in [0.1, 0.15) is 6.23 Å². The lowest BCUT2D eigenvalue weighted by Gasteiger charge is -2.27. The summed E-state index contributed by atoms with van der Waals surface area (Å²) in [5.74, 6) is 0.177. The summed E-state index contributed by atoms with van der Waals surface area (Å²) < 4.78 is 0. The highest BCUT2D eigenvalue weighted by molar-refractivity contribution is 5.76. The van der Waals surface area contributed by atoms with Crippen LogP contribution in [-0.4, -0.2) is 54.2 Å². The fourth-order valence-corrected chi connectivity index (χ4v) is 3.22. The summed E-state index contributed by atoms with van der Waals surface area (Å²) in [5.41, 5.74) is 0. The maximum Gasteiger partial charge on any atom is 0.222 e. The number of hydrogen-bond donors (Lipinski definition) is 1. The third-order valence-corrected chi connectivity index (χ3v) is 5.21.